The van der Waals surface area contributed by atoms with E-state index in [1.165, 1.54) is 25.1 Å². The molecule has 0 unspecified atom stereocenters. The maximum atomic E-state index is 10.9. The van der Waals surface area contributed by atoms with Crippen LogP contribution in [0.15, 0.2) is 42.5 Å². The molecule has 2 rings (SSSR count). The average Bonchev–Trinajstić information content (AvgIpc) is 2.45. The molecule has 0 aliphatic heterocycles. The fourth-order valence-corrected chi connectivity index (χ4v) is 3.05. The normalized spacial score (nSPS) is 10.4. The molecule has 0 spiro atoms. The zero-order chi connectivity index (χ0) is 19.2. The molecule has 0 aromatic heterocycles. The number of aromatic hydroxyl groups is 1. The SMILES string of the molecule is CC(=O)Nc1ccc([As](=O)(O)O)c(O)c1.Nc1cccc(C(=O)O)c1. The van der Waals surface area contributed by atoms with Crippen LogP contribution in [-0.2, 0) is 8.53 Å². The number of phenols is 1. The van der Waals surface area contributed by atoms with Crippen LogP contribution in [0.3, 0.4) is 0 Å². The maximum Gasteiger partial charge on any atom is 0.335 e. The molecule has 10 heteroatoms. The summed E-state index contributed by atoms with van der Waals surface area (Å²) in [6, 6.07) is 9.68. The molecule has 0 saturated heterocycles. The second kappa shape index (κ2) is 8.38. The Labute approximate surface area is 145 Å². The van der Waals surface area contributed by atoms with Crippen LogP contribution in [0.1, 0.15) is 17.3 Å². The minimum absolute atomic E-state index is 0.222. The van der Waals surface area contributed by atoms with Crippen molar-refractivity contribution in [2.75, 3.05) is 11.1 Å². The first-order chi connectivity index (χ1) is 11.5. The third kappa shape index (κ3) is 6.72. The Morgan fingerprint density at radius 2 is 1.76 bits per heavy atom. The van der Waals surface area contributed by atoms with Gasteiger partial charge in [-0.25, -0.2) is 4.79 Å². The van der Waals surface area contributed by atoms with Gasteiger partial charge in [0.1, 0.15) is 0 Å². The predicted octanol–water partition coefficient (Wildman–Crippen LogP) is -0.121. The van der Waals surface area contributed by atoms with Crippen LogP contribution in [0.25, 0.3) is 0 Å². The quantitative estimate of drug-likeness (QED) is 0.299. The summed E-state index contributed by atoms with van der Waals surface area (Å²) in [7, 11) is 0. The number of hydrogen-bond donors (Lipinski definition) is 6. The number of carbonyl (C=O) groups is 2. The van der Waals surface area contributed by atoms with Gasteiger partial charge in [0.25, 0.3) is 0 Å². The average molecular weight is 412 g/mol. The van der Waals surface area contributed by atoms with Crippen LogP contribution < -0.4 is 15.4 Å². The molecule has 0 bridgehead atoms. The summed E-state index contributed by atoms with van der Waals surface area (Å²) in [5, 5.41) is 20.1. The number of amides is 1. The number of hydrogen-bond acceptors (Lipinski definition) is 5. The minimum atomic E-state index is -5.09. The number of anilines is 2. The van der Waals surface area contributed by atoms with Crippen molar-refractivity contribution in [3.8, 4) is 5.75 Å². The number of carbonyl (C=O) groups excluding carboxylic acids is 1. The van der Waals surface area contributed by atoms with Gasteiger partial charge in [0.2, 0.25) is 0 Å². The van der Waals surface area contributed by atoms with Crippen molar-refractivity contribution in [2.45, 2.75) is 6.92 Å². The fraction of sp³-hybridized carbons (Fsp3) is 0.0667. The van der Waals surface area contributed by atoms with Crippen molar-refractivity contribution in [1.82, 2.24) is 0 Å². The van der Waals surface area contributed by atoms with Crippen LogP contribution in [0.5, 0.6) is 5.75 Å². The van der Waals surface area contributed by atoms with E-state index in [2.05, 4.69) is 5.32 Å². The summed E-state index contributed by atoms with van der Waals surface area (Å²) in [5.74, 6) is -1.80. The molecule has 7 N–H and O–H groups in total. The standard InChI is InChI=1S/C8H10AsNO5.C7H7NO2/c1-5(11)10-6-2-3-7(8(12)4-6)9(13,14)15;8-6-3-1-2-5(4-6)7(9)10/h2-4,12H,1H3,(H,10,11)(H2,13,14,15);1-4H,8H2,(H,9,10). The molecule has 0 atom stereocenters. The van der Waals surface area contributed by atoms with Gasteiger partial charge in [0.15, 0.2) is 0 Å². The van der Waals surface area contributed by atoms with Crippen LogP contribution in [0.2, 0.25) is 0 Å². The topological polar surface area (TPSA) is 170 Å². The number of nitrogens with one attached hydrogen (secondary N) is 1. The summed E-state index contributed by atoms with van der Waals surface area (Å²) in [5.41, 5.74) is 6.31. The van der Waals surface area contributed by atoms with Gasteiger partial charge in [-0.05, 0) is 18.2 Å². The monoisotopic (exact) mass is 412 g/mol. The van der Waals surface area contributed by atoms with Crippen molar-refractivity contribution >= 4 is 41.8 Å². The van der Waals surface area contributed by atoms with Gasteiger partial charge in [0, 0.05) is 5.69 Å². The largest absolute Gasteiger partial charge is 0.478 e. The molecule has 9 nitrogen and oxygen atoms in total. The van der Waals surface area contributed by atoms with E-state index in [1.807, 2.05) is 0 Å². The second-order valence-corrected chi connectivity index (χ2v) is 8.15. The van der Waals surface area contributed by atoms with E-state index >= 15 is 0 Å². The summed E-state index contributed by atoms with van der Waals surface area (Å²) in [6.07, 6.45) is 0. The first-order valence-corrected chi connectivity index (χ1v) is 10.1. The van der Waals surface area contributed by atoms with E-state index in [4.69, 9.17) is 19.0 Å². The molecule has 0 heterocycles. The predicted molar refractivity (Wildman–Crippen MR) is 90.7 cm³/mol. The van der Waals surface area contributed by atoms with E-state index in [1.54, 1.807) is 12.1 Å². The molecule has 0 aliphatic rings. The fourth-order valence-electron chi connectivity index (χ4n) is 1.72. The molecule has 134 valence electrons. The molecule has 0 saturated carbocycles. The van der Waals surface area contributed by atoms with E-state index in [0.717, 1.165) is 12.1 Å². The summed E-state index contributed by atoms with van der Waals surface area (Å²) >= 11 is -5.09. The van der Waals surface area contributed by atoms with Crippen LogP contribution >= 0.6 is 0 Å². The van der Waals surface area contributed by atoms with Crippen molar-refractivity contribution in [1.29, 1.82) is 0 Å². The van der Waals surface area contributed by atoms with Gasteiger partial charge >= 0.3 is 94.1 Å². The van der Waals surface area contributed by atoms with Gasteiger partial charge in [-0.3, -0.25) is 0 Å². The summed E-state index contributed by atoms with van der Waals surface area (Å²) in [4.78, 5) is 21.0. The molecular weight excluding hydrogens is 395 g/mol. The Balaban J connectivity index is 0.000000271. The van der Waals surface area contributed by atoms with Crippen LogP contribution in [0, 0.1) is 0 Å². The van der Waals surface area contributed by atoms with Gasteiger partial charge in [-0.15, -0.1) is 0 Å². The Hall–Kier alpha value is -2.74. The van der Waals surface area contributed by atoms with Gasteiger partial charge in [-0.2, -0.15) is 0 Å². The van der Waals surface area contributed by atoms with Crippen molar-refractivity contribution < 1.29 is 31.7 Å². The molecule has 1 amide bonds. The molecule has 25 heavy (non-hydrogen) atoms. The van der Waals surface area contributed by atoms with Crippen molar-refractivity contribution in [2.24, 2.45) is 0 Å². The molecule has 0 fully saturated rings. The van der Waals surface area contributed by atoms with Crippen molar-refractivity contribution in [3.05, 3.63) is 48.0 Å². The molecule has 0 aliphatic carbocycles. The number of nitrogen functional groups attached to an aromatic ring is 1. The van der Waals surface area contributed by atoms with E-state index in [-0.39, 0.29) is 17.2 Å². The third-order valence-electron chi connectivity index (χ3n) is 2.74. The molecular formula is C15H17AsN2O7. The number of carboxylic acids is 1. The smallest absolute Gasteiger partial charge is 0.335 e. The van der Waals surface area contributed by atoms with Crippen LogP contribution in [-0.4, -0.2) is 44.5 Å². The number of rotatable bonds is 3. The van der Waals surface area contributed by atoms with Crippen LogP contribution in [0.4, 0.5) is 11.4 Å². The Morgan fingerprint density at radius 1 is 1.12 bits per heavy atom. The molecule has 2 aromatic carbocycles. The zero-order valence-electron chi connectivity index (χ0n) is 13.1. The summed E-state index contributed by atoms with van der Waals surface area (Å²) < 4.78 is 28.2. The van der Waals surface area contributed by atoms with E-state index < -0.39 is 30.2 Å². The summed E-state index contributed by atoms with van der Waals surface area (Å²) in [6.45, 7) is 1.29. The number of benzene rings is 2. The number of phenolic OH excluding ortho intramolecular Hbond substituents is 1. The first-order valence-electron chi connectivity index (χ1n) is 6.76. The van der Waals surface area contributed by atoms with Crippen molar-refractivity contribution in [3.63, 3.8) is 0 Å². The van der Waals surface area contributed by atoms with E-state index in [0.29, 0.717) is 5.69 Å². The Morgan fingerprint density at radius 3 is 2.16 bits per heavy atom. The van der Waals surface area contributed by atoms with Gasteiger partial charge in [0.05, 0.1) is 5.56 Å². The number of nitrogens with two attached hydrogens (primary N) is 1. The second-order valence-electron chi connectivity index (χ2n) is 4.86. The first kappa shape index (κ1) is 20.3. The molecule has 2 aromatic rings. The number of carboxylic acid groups (broad SMARTS) is 1. The molecule has 0 radical (unpaired) electrons. The Bertz CT molecular complexity index is 832. The van der Waals surface area contributed by atoms with Gasteiger partial charge in [-0.1, -0.05) is 6.07 Å². The Kier molecular flexibility index (Phi) is 6.81. The minimum Gasteiger partial charge on any atom is -0.478 e. The third-order valence-corrected chi connectivity index (χ3v) is 4.85. The zero-order valence-corrected chi connectivity index (χ0v) is 15.0. The maximum absolute atomic E-state index is 10.9. The van der Waals surface area contributed by atoms with Gasteiger partial charge < -0.3 is 10.8 Å². The number of aromatic carboxylic acids is 1. The van der Waals surface area contributed by atoms with E-state index in [9.17, 15) is 18.4 Å².